The first-order valence-electron chi connectivity index (χ1n) is 6.09. The van der Waals surface area contributed by atoms with E-state index < -0.39 is 0 Å². The van der Waals surface area contributed by atoms with Gasteiger partial charge in [0, 0.05) is 10.3 Å². The van der Waals surface area contributed by atoms with Gasteiger partial charge >= 0.3 is 0 Å². The standard InChI is InChI=1S/C13H16N2OS2/c1-7(17)15-12(16)11-9(6-14-15)8-4-13(2,3)5-10(8)18-11/h6-7,17H,4-5H2,1-3H3. The molecule has 3 rings (SSSR count). The SMILES string of the molecule is CC(S)n1ncc2c3c(sc2c1=O)CC(C)(C)C3. The van der Waals surface area contributed by atoms with Crippen molar-refractivity contribution in [2.75, 3.05) is 0 Å². The molecule has 0 spiro atoms. The van der Waals surface area contributed by atoms with E-state index in [2.05, 4.69) is 31.6 Å². The predicted octanol–water partition coefficient (Wildman–Crippen LogP) is 3.03. The lowest BCUT2D eigenvalue weighted by molar-refractivity contribution is 0.394. The molecule has 0 saturated carbocycles. The topological polar surface area (TPSA) is 34.9 Å². The maximum atomic E-state index is 12.3. The van der Waals surface area contributed by atoms with Gasteiger partial charge in [0.05, 0.1) is 11.6 Å². The Morgan fingerprint density at radius 3 is 2.89 bits per heavy atom. The van der Waals surface area contributed by atoms with E-state index in [0.717, 1.165) is 22.9 Å². The van der Waals surface area contributed by atoms with Crippen LogP contribution < -0.4 is 5.56 Å². The van der Waals surface area contributed by atoms with Gasteiger partial charge in [0.1, 0.15) is 4.70 Å². The Morgan fingerprint density at radius 2 is 2.22 bits per heavy atom. The van der Waals surface area contributed by atoms with Gasteiger partial charge in [0.2, 0.25) is 0 Å². The largest absolute Gasteiger partial charge is 0.285 e. The van der Waals surface area contributed by atoms with Gasteiger partial charge in [-0.05, 0) is 30.7 Å². The van der Waals surface area contributed by atoms with Crippen molar-refractivity contribution < 1.29 is 0 Å². The van der Waals surface area contributed by atoms with Crippen LogP contribution in [0.4, 0.5) is 0 Å². The summed E-state index contributed by atoms with van der Waals surface area (Å²) in [5, 5.41) is 5.10. The third-order valence-corrected chi connectivity index (χ3v) is 4.95. The molecule has 0 saturated heterocycles. The molecule has 0 bridgehead atoms. The smallest absolute Gasteiger partial charge is 0.266 e. The van der Waals surface area contributed by atoms with Crippen molar-refractivity contribution in [2.24, 2.45) is 5.41 Å². The van der Waals surface area contributed by atoms with E-state index in [1.165, 1.54) is 15.1 Å². The molecule has 0 N–H and O–H groups in total. The second-order valence-electron chi connectivity index (χ2n) is 5.79. The number of hydrogen-bond acceptors (Lipinski definition) is 4. The first-order valence-corrected chi connectivity index (χ1v) is 7.42. The summed E-state index contributed by atoms with van der Waals surface area (Å²) in [6.45, 7) is 6.40. The molecule has 1 aliphatic carbocycles. The molecule has 96 valence electrons. The van der Waals surface area contributed by atoms with Crippen LogP contribution >= 0.6 is 24.0 Å². The second-order valence-corrected chi connectivity index (χ2v) is 7.64. The number of hydrogen-bond donors (Lipinski definition) is 1. The summed E-state index contributed by atoms with van der Waals surface area (Å²) >= 11 is 5.92. The van der Waals surface area contributed by atoms with Gasteiger partial charge in [0.15, 0.2) is 0 Å². The molecule has 5 heteroatoms. The maximum absolute atomic E-state index is 12.3. The first-order chi connectivity index (χ1) is 8.39. The molecule has 0 radical (unpaired) electrons. The third-order valence-electron chi connectivity index (χ3n) is 3.49. The molecular weight excluding hydrogens is 264 g/mol. The van der Waals surface area contributed by atoms with Crippen molar-refractivity contribution in [1.82, 2.24) is 9.78 Å². The zero-order valence-corrected chi connectivity index (χ0v) is 12.4. The Balaban J connectivity index is 2.25. The first kappa shape index (κ1) is 12.2. The van der Waals surface area contributed by atoms with E-state index in [4.69, 9.17) is 0 Å². The van der Waals surface area contributed by atoms with E-state index in [0.29, 0.717) is 5.41 Å². The summed E-state index contributed by atoms with van der Waals surface area (Å²) in [7, 11) is 0. The molecule has 2 heterocycles. The van der Waals surface area contributed by atoms with Crippen molar-refractivity contribution in [3.63, 3.8) is 0 Å². The summed E-state index contributed by atoms with van der Waals surface area (Å²) in [6, 6.07) is 0. The average Bonchev–Trinajstić information content (AvgIpc) is 2.71. The fourth-order valence-electron chi connectivity index (χ4n) is 2.68. The zero-order chi connectivity index (χ0) is 13.1. The molecule has 18 heavy (non-hydrogen) atoms. The Hall–Kier alpha value is -0.810. The van der Waals surface area contributed by atoms with E-state index in [9.17, 15) is 4.79 Å². The minimum absolute atomic E-state index is 0.00722. The fraction of sp³-hybridized carbons (Fsp3) is 0.538. The lowest BCUT2D eigenvalue weighted by atomic mass is 9.90. The monoisotopic (exact) mass is 280 g/mol. The van der Waals surface area contributed by atoms with Gasteiger partial charge in [-0.2, -0.15) is 17.7 Å². The summed E-state index contributed by atoms with van der Waals surface area (Å²) in [6.07, 6.45) is 3.95. The molecule has 1 atom stereocenters. The summed E-state index contributed by atoms with van der Waals surface area (Å²) < 4.78 is 2.29. The summed E-state index contributed by atoms with van der Waals surface area (Å²) in [5.74, 6) is 0. The minimum Gasteiger partial charge on any atom is -0.266 e. The molecule has 0 amide bonds. The molecule has 0 aromatic carbocycles. The number of fused-ring (bicyclic) bond motifs is 3. The van der Waals surface area contributed by atoms with Gasteiger partial charge in [0.25, 0.3) is 5.56 Å². The zero-order valence-electron chi connectivity index (χ0n) is 10.7. The lowest BCUT2D eigenvalue weighted by Gasteiger charge is -2.15. The van der Waals surface area contributed by atoms with Crippen molar-refractivity contribution in [3.8, 4) is 0 Å². The van der Waals surface area contributed by atoms with Crippen LogP contribution in [0.2, 0.25) is 0 Å². The number of rotatable bonds is 1. The Morgan fingerprint density at radius 1 is 1.50 bits per heavy atom. The number of thiol groups is 1. The summed E-state index contributed by atoms with van der Waals surface area (Å²) in [5.41, 5.74) is 1.65. The highest BCUT2D eigenvalue weighted by molar-refractivity contribution is 7.80. The van der Waals surface area contributed by atoms with Crippen molar-refractivity contribution in [1.29, 1.82) is 0 Å². The van der Waals surface area contributed by atoms with Crippen molar-refractivity contribution in [2.45, 2.75) is 39.0 Å². The quantitative estimate of drug-likeness (QED) is 0.815. The van der Waals surface area contributed by atoms with Crippen LogP contribution in [-0.2, 0) is 12.8 Å². The Labute approximate surface area is 115 Å². The van der Waals surface area contributed by atoms with Gasteiger partial charge in [-0.25, -0.2) is 4.68 Å². The minimum atomic E-state index is -0.185. The lowest BCUT2D eigenvalue weighted by Crippen LogP contribution is -2.22. The fourth-order valence-corrected chi connectivity index (χ4v) is 4.32. The highest BCUT2D eigenvalue weighted by Crippen LogP contribution is 2.43. The Bertz CT molecular complexity index is 682. The normalized spacial score (nSPS) is 19.1. The van der Waals surface area contributed by atoms with E-state index in [1.54, 1.807) is 11.3 Å². The molecule has 2 aromatic heterocycles. The number of nitrogens with zero attached hydrogens (tertiary/aromatic N) is 2. The highest BCUT2D eigenvalue weighted by Gasteiger charge is 2.32. The van der Waals surface area contributed by atoms with Crippen LogP contribution in [-0.4, -0.2) is 9.78 Å². The van der Waals surface area contributed by atoms with E-state index >= 15 is 0 Å². The van der Waals surface area contributed by atoms with E-state index in [-0.39, 0.29) is 10.9 Å². The molecule has 0 fully saturated rings. The highest BCUT2D eigenvalue weighted by atomic mass is 32.1. The van der Waals surface area contributed by atoms with Crippen LogP contribution in [0.5, 0.6) is 0 Å². The van der Waals surface area contributed by atoms with Crippen molar-refractivity contribution >= 4 is 34.1 Å². The molecule has 2 aromatic rings. The molecule has 1 unspecified atom stereocenters. The summed E-state index contributed by atoms with van der Waals surface area (Å²) in [4.78, 5) is 13.7. The molecule has 3 nitrogen and oxygen atoms in total. The predicted molar refractivity (Wildman–Crippen MR) is 78.8 cm³/mol. The maximum Gasteiger partial charge on any atom is 0.285 e. The van der Waals surface area contributed by atoms with Crippen LogP contribution in [0.1, 0.15) is 36.6 Å². The Kier molecular flexibility index (Phi) is 2.61. The van der Waals surface area contributed by atoms with Gasteiger partial charge in [-0.3, -0.25) is 4.79 Å². The van der Waals surface area contributed by atoms with Crippen molar-refractivity contribution in [3.05, 3.63) is 27.0 Å². The van der Waals surface area contributed by atoms with Crippen LogP contribution in [0.15, 0.2) is 11.0 Å². The van der Waals surface area contributed by atoms with Crippen LogP contribution in [0, 0.1) is 5.41 Å². The third kappa shape index (κ3) is 1.72. The number of thiophene rings is 1. The molecule has 0 aliphatic heterocycles. The number of aromatic nitrogens is 2. The van der Waals surface area contributed by atoms with Gasteiger partial charge < -0.3 is 0 Å². The molecule has 1 aliphatic rings. The van der Waals surface area contributed by atoms with Crippen LogP contribution in [0.3, 0.4) is 0 Å². The average molecular weight is 280 g/mol. The van der Waals surface area contributed by atoms with Gasteiger partial charge in [-0.15, -0.1) is 11.3 Å². The van der Waals surface area contributed by atoms with E-state index in [1.807, 2.05) is 13.1 Å². The molecular formula is C13H16N2OS2. The second kappa shape index (κ2) is 3.84. The van der Waals surface area contributed by atoms with Gasteiger partial charge in [-0.1, -0.05) is 13.8 Å². The van der Waals surface area contributed by atoms with Crippen LogP contribution in [0.25, 0.3) is 10.1 Å².